The molecule has 1 atom stereocenters. The number of ether oxygens (including phenoxy) is 1. The molecule has 0 bridgehead atoms. The van der Waals surface area contributed by atoms with Gasteiger partial charge in [0.25, 0.3) is 0 Å². The van der Waals surface area contributed by atoms with Gasteiger partial charge in [-0.2, -0.15) is 0 Å². The Bertz CT molecular complexity index is 557. The maximum Gasteiger partial charge on any atom is 0.339 e. The first-order valence-electron chi connectivity index (χ1n) is 6.30. The van der Waals surface area contributed by atoms with Crippen molar-refractivity contribution >= 4 is 29.3 Å². The number of para-hydroxylation sites is 1. The van der Waals surface area contributed by atoms with Crippen LogP contribution < -0.4 is 15.0 Å². The van der Waals surface area contributed by atoms with Crippen LogP contribution in [0.15, 0.2) is 18.2 Å². The molecule has 0 radical (unpaired) electrons. The molecule has 2 aliphatic heterocycles. The van der Waals surface area contributed by atoms with Crippen LogP contribution in [0.2, 0.25) is 0 Å². The van der Waals surface area contributed by atoms with Crippen LogP contribution >= 0.6 is 11.8 Å². The Morgan fingerprint density at radius 3 is 3.00 bits per heavy atom. The number of anilines is 1. The molecule has 1 saturated heterocycles. The lowest BCUT2D eigenvalue weighted by molar-refractivity contribution is -0.120. The van der Waals surface area contributed by atoms with E-state index < -0.39 is 5.97 Å². The topological polar surface area (TPSA) is 78.9 Å². The minimum atomic E-state index is -1.05. The minimum absolute atomic E-state index is 0.0258. The van der Waals surface area contributed by atoms with Gasteiger partial charge in [0.2, 0.25) is 5.91 Å². The van der Waals surface area contributed by atoms with Crippen molar-refractivity contribution in [2.24, 2.45) is 0 Å². The van der Waals surface area contributed by atoms with Gasteiger partial charge in [-0.1, -0.05) is 6.07 Å². The number of thioether (sulfide) groups is 1. The summed E-state index contributed by atoms with van der Waals surface area (Å²) in [6.07, 6.45) is 0. The zero-order chi connectivity index (χ0) is 14.1. The van der Waals surface area contributed by atoms with Gasteiger partial charge < -0.3 is 14.7 Å². The van der Waals surface area contributed by atoms with Crippen molar-refractivity contribution in [3.05, 3.63) is 23.8 Å². The van der Waals surface area contributed by atoms with Crippen LogP contribution in [0, 0.1) is 0 Å². The van der Waals surface area contributed by atoms with Crippen LogP contribution in [-0.2, 0) is 4.79 Å². The van der Waals surface area contributed by atoms with E-state index in [-0.39, 0.29) is 23.3 Å². The van der Waals surface area contributed by atoms with Crippen LogP contribution in [0.4, 0.5) is 5.69 Å². The van der Waals surface area contributed by atoms with Gasteiger partial charge in [-0.05, 0) is 12.1 Å². The molecular formula is C13H14N2O4S. The molecule has 0 saturated carbocycles. The quantitative estimate of drug-likeness (QED) is 0.839. The molecule has 106 valence electrons. The fourth-order valence-electron chi connectivity index (χ4n) is 2.39. The fraction of sp³-hybridized carbons (Fsp3) is 0.385. The molecule has 1 aromatic carbocycles. The van der Waals surface area contributed by atoms with E-state index in [4.69, 9.17) is 4.74 Å². The highest BCUT2D eigenvalue weighted by Crippen LogP contribution is 2.35. The SMILES string of the molecule is O=C(O)c1cccc2c1OCCN2C(=O)C1CSCN1. The van der Waals surface area contributed by atoms with Gasteiger partial charge in [0.15, 0.2) is 5.75 Å². The van der Waals surface area contributed by atoms with E-state index in [9.17, 15) is 14.7 Å². The Morgan fingerprint density at radius 2 is 2.30 bits per heavy atom. The van der Waals surface area contributed by atoms with Gasteiger partial charge in [-0.25, -0.2) is 4.79 Å². The Hall–Kier alpha value is -1.73. The van der Waals surface area contributed by atoms with Gasteiger partial charge in [0, 0.05) is 11.6 Å². The minimum Gasteiger partial charge on any atom is -0.489 e. The van der Waals surface area contributed by atoms with Gasteiger partial charge in [-0.15, -0.1) is 11.8 Å². The molecule has 7 heteroatoms. The highest BCUT2D eigenvalue weighted by molar-refractivity contribution is 7.99. The first-order valence-corrected chi connectivity index (χ1v) is 7.45. The number of carboxylic acids is 1. The number of carboxylic acid groups (broad SMARTS) is 1. The van der Waals surface area contributed by atoms with Gasteiger partial charge in [-0.3, -0.25) is 10.1 Å². The van der Waals surface area contributed by atoms with E-state index in [1.54, 1.807) is 28.8 Å². The summed E-state index contributed by atoms with van der Waals surface area (Å²) in [7, 11) is 0. The molecule has 2 heterocycles. The van der Waals surface area contributed by atoms with Crippen molar-refractivity contribution in [2.45, 2.75) is 6.04 Å². The number of hydrogen-bond acceptors (Lipinski definition) is 5. The molecule has 1 fully saturated rings. The van der Waals surface area contributed by atoms with E-state index in [2.05, 4.69) is 5.32 Å². The second-order valence-electron chi connectivity index (χ2n) is 4.57. The summed E-state index contributed by atoms with van der Waals surface area (Å²) in [4.78, 5) is 25.3. The first-order chi connectivity index (χ1) is 9.68. The number of fused-ring (bicyclic) bond motifs is 1. The number of benzene rings is 1. The van der Waals surface area contributed by atoms with Crippen molar-refractivity contribution in [3.63, 3.8) is 0 Å². The lowest BCUT2D eigenvalue weighted by Crippen LogP contribution is -2.48. The molecule has 0 spiro atoms. The summed E-state index contributed by atoms with van der Waals surface area (Å²) in [5.74, 6) is 0.713. The molecule has 2 N–H and O–H groups in total. The van der Waals surface area contributed by atoms with Gasteiger partial charge in [0.1, 0.15) is 12.2 Å². The Kier molecular flexibility index (Phi) is 3.54. The van der Waals surface area contributed by atoms with E-state index in [0.29, 0.717) is 18.8 Å². The maximum atomic E-state index is 12.5. The number of nitrogens with zero attached hydrogens (tertiary/aromatic N) is 1. The standard InChI is InChI=1S/C13H14N2O4S/c16-12(9-6-20-7-14-9)15-4-5-19-11-8(13(17)18)2-1-3-10(11)15/h1-3,9,14H,4-7H2,(H,17,18). The van der Waals surface area contributed by atoms with Crippen molar-refractivity contribution < 1.29 is 19.4 Å². The summed E-state index contributed by atoms with van der Waals surface area (Å²) in [5.41, 5.74) is 0.633. The smallest absolute Gasteiger partial charge is 0.339 e. The highest BCUT2D eigenvalue weighted by atomic mass is 32.2. The van der Waals surface area contributed by atoms with Crippen LogP contribution in [0.3, 0.4) is 0 Å². The Labute approximate surface area is 120 Å². The number of aromatic carboxylic acids is 1. The average Bonchev–Trinajstić information content (AvgIpc) is 2.99. The predicted octanol–water partition coefficient (Wildman–Crippen LogP) is 0.773. The molecule has 1 aromatic rings. The molecule has 6 nitrogen and oxygen atoms in total. The second-order valence-corrected chi connectivity index (χ2v) is 5.60. The Balaban J connectivity index is 1.95. The summed E-state index contributed by atoms with van der Waals surface area (Å²) in [6, 6.07) is 4.63. The van der Waals surface area contributed by atoms with Crippen LogP contribution in [0.1, 0.15) is 10.4 Å². The summed E-state index contributed by atoms with van der Waals surface area (Å²) in [6.45, 7) is 0.751. The van der Waals surface area contributed by atoms with Gasteiger partial charge >= 0.3 is 5.97 Å². The van der Waals surface area contributed by atoms with E-state index in [1.807, 2.05) is 0 Å². The normalized spacial score (nSPS) is 21.2. The third-order valence-electron chi connectivity index (χ3n) is 3.36. The lowest BCUT2D eigenvalue weighted by Gasteiger charge is -2.31. The largest absolute Gasteiger partial charge is 0.489 e. The van der Waals surface area contributed by atoms with Crippen molar-refractivity contribution in [3.8, 4) is 5.75 Å². The van der Waals surface area contributed by atoms with Crippen molar-refractivity contribution in [1.29, 1.82) is 0 Å². The predicted molar refractivity (Wildman–Crippen MR) is 75.5 cm³/mol. The zero-order valence-corrected chi connectivity index (χ0v) is 11.5. The maximum absolute atomic E-state index is 12.5. The lowest BCUT2D eigenvalue weighted by atomic mass is 10.1. The molecule has 3 rings (SSSR count). The fourth-order valence-corrected chi connectivity index (χ4v) is 3.32. The van der Waals surface area contributed by atoms with Crippen LogP contribution in [0.5, 0.6) is 5.75 Å². The van der Waals surface area contributed by atoms with E-state index in [1.165, 1.54) is 6.07 Å². The van der Waals surface area contributed by atoms with Crippen LogP contribution in [-0.4, -0.2) is 47.8 Å². The molecule has 1 unspecified atom stereocenters. The third-order valence-corrected chi connectivity index (χ3v) is 4.30. The molecule has 2 aliphatic rings. The monoisotopic (exact) mass is 294 g/mol. The highest BCUT2D eigenvalue weighted by Gasteiger charge is 2.32. The summed E-state index contributed by atoms with van der Waals surface area (Å²) < 4.78 is 5.46. The second kappa shape index (κ2) is 5.34. The number of carbonyl (C=O) groups is 2. The number of nitrogens with one attached hydrogen (secondary N) is 1. The van der Waals surface area contributed by atoms with Crippen LogP contribution in [0.25, 0.3) is 0 Å². The first kappa shape index (κ1) is 13.3. The van der Waals surface area contributed by atoms with Crippen molar-refractivity contribution in [1.82, 2.24) is 5.32 Å². The molecule has 0 aromatic heterocycles. The number of rotatable bonds is 2. The van der Waals surface area contributed by atoms with E-state index in [0.717, 1.165) is 11.6 Å². The zero-order valence-electron chi connectivity index (χ0n) is 10.7. The van der Waals surface area contributed by atoms with Gasteiger partial charge in [0.05, 0.1) is 18.3 Å². The summed E-state index contributed by atoms with van der Waals surface area (Å²) in [5, 5.41) is 12.3. The molecule has 1 amide bonds. The number of amides is 1. The molecular weight excluding hydrogens is 280 g/mol. The summed E-state index contributed by atoms with van der Waals surface area (Å²) >= 11 is 1.68. The molecule has 20 heavy (non-hydrogen) atoms. The Morgan fingerprint density at radius 1 is 1.45 bits per heavy atom. The van der Waals surface area contributed by atoms with E-state index >= 15 is 0 Å². The number of hydrogen-bond donors (Lipinski definition) is 2. The average molecular weight is 294 g/mol. The number of carbonyl (C=O) groups excluding carboxylic acids is 1. The van der Waals surface area contributed by atoms with Crippen molar-refractivity contribution in [2.75, 3.05) is 29.7 Å². The molecule has 0 aliphatic carbocycles. The third kappa shape index (κ3) is 2.23.